The molecule has 1 saturated carbocycles. The zero-order valence-corrected chi connectivity index (χ0v) is 8.89. The first-order chi connectivity index (χ1) is 6.65. The van der Waals surface area contributed by atoms with E-state index >= 15 is 0 Å². The van der Waals surface area contributed by atoms with E-state index in [0.717, 1.165) is 22.9 Å². The van der Waals surface area contributed by atoms with E-state index < -0.39 is 0 Å². The standard InChI is InChI=1S/C10H8BrNO2/c11-5-1-2-6(13)8-7(5)10(3-4-10)9(14)12-8/h1-2,13H,3-4H2,(H,12,14). The number of carbonyl (C=O) groups excluding carboxylic acids is 1. The lowest BCUT2D eigenvalue weighted by molar-refractivity contribution is -0.117. The van der Waals surface area contributed by atoms with Gasteiger partial charge in [0, 0.05) is 10.0 Å². The predicted octanol–water partition coefficient (Wildman–Crippen LogP) is 2.14. The van der Waals surface area contributed by atoms with Crippen molar-refractivity contribution in [2.24, 2.45) is 0 Å². The summed E-state index contributed by atoms with van der Waals surface area (Å²) in [7, 11) is 0. The molecule has 2 N–H and O–H groups in total. The molecule has 1 aliphatic carbocycles. The number of rotatable bonds is 0. The van der Waals surface area contributed by atoms with Gasteiger partial charge in [0.15, 0.2) is 0 Å². The number of anilines is 1. The van der Waals surface area contributed by atoms with Crippen LogP contribution in [0.1, 0.15) is 18.4 Å². The fourth-order valence-corrected chi connectivity index (χ4v) is 2.82. The fourth-order valence-electron chi connectivity index (χ4n) is 2.11. The highest BCUT2D eigenvalue weighted by atomic mass is 79.9. The molecule has 1 fully saturated rings. The molecule has 1 heterocycles. The molecule has 1 aromatic rings. The molecule has 0 radical (unpaired) electrons. The molecule has 0 saturated heterocycles. The SMILES string of the molecule is O=C1Nc2c(O)ccc(Br)c2C12CC2. The number of nitrogens with one attached hydrogen (secondary N) is 1. The summed E-state index contributed by atoms with van der Waals surface area (Å²) in [5.41, 5.74) is 1.18. The number of halogens is 1. The smallest absolute Gasteiger partial charge is 0.235 e. The number of carbonyl (C=O) groups is 1. The van der Waals surface area contributed by atoms with E-state index in [9.17, 15) is 9.90 Å². The average molecular weight is 254 g/mol. The van der Waals surface area contributed by atoms with Crippen LogP contribution in [0.5, 0.6) is 5.75 Å². The van der Waals surface area contributed by atoms with Crippen LogP contribution in [0, 0.1) is 0 Å². The minimum atomic E-state index is -0.340. The van der Waals surface area contributed by atoms with Gasteiger partial charge in [0.1, 0.15) is 5.75 Å². The molecular weight excluding hydrogens is 246 g/mol. The Kier molecular flexibility index (Phi) is 1.37. The van der Waals surface area contributed by atoms with Crippen molar-refractivity contribution < 1.29 is 9.90 Å². The summed E-state index contributed by atoms with van der Waals surface area (Å²) in [6.45, 7) is 0. The van der Waals surface area contributed by atoms with E-state index in [0.29, 0.717) is 5.69 Å². The largest absolute Gasteiger partial charge is 0.506 e. The van der Waals surface area contributed by atoms with Gasteiger partial charge < -0.3 is 10.4 Å². The number of phenolic OH excluding ortho intramolecular Hbond substituents is 1. The van der Waals surface area contributed by atoms with Crippen LogP contribution >= 0.6 is 15.9 Å². The van der Waals surface area contributed by atoms with Gasteiger partial charge in [-0.2, -0.15) is 0 Å². The van der Waals surface area contributed by atoms with E-state index in [4.69, 9.17) is 0 Å². The van der Waals surface area contributed by atoms with Gasteiger partial charge in [0.25, 0.3) is 0 Å². The van der Waals surface area contributed by atoms with Crippen LogP contribution < -0.4 is 5.32 Å². The molecule has 0 aromatic heterocycles. The maximum Gasteiger partial charge on any atom is 0.235 e. The van der Waals surface area contributed by atoms with Gasteiger partial charge in [-0.3, -0.25) is 4.79 Å². The third-order valence-electron chi connectivity index (χ3n) is 3.03. The quantitative estimate of drug-likeness (QED) is 0.697. The zero-order valence-electron chi connectivity index (χ0n) is 7.30. The van der Waals surface area contributed by atoms with E-state index in [1.54, 1.807) is 12.1 Å². The minimum absolute atomic E-state index is 0.0229. The van der Waals surface area contributed by atoms with Crippen LogP contribution in [0.2, 0.25) is 0 Å². The summed E-state index contributed by atoms with van der Waals surface area (Å²) in [4.78, 5) is 11.7. The number of fused-ring (bicyclic) bond motifs is 2. The normalized spacial score (nSPS) is 20.8. The van der Waals surface area contributed by atoms with Gasteiger partial charge in [-0.1, -0.05) is 15.9 Å². The maximum absolute atomic E-state index is 11.7. The Morgan fingerprint density at radius 3 is 2.79 bits per heavy atom. The Morgan fingerprint density at radius 2 is 2.14 bits per heavy atom. The zero-order chi connectivity index (χ0) is 9.92. The Balaban J connectivity index is 2.32. The second kappa shape index (κ2) is 2.31. The average Bonchev–Trinajstić information content (AvgIpc) is 2.86. The summed E-state index contributed by atoms with van der Waals surface area (Å²) < 4.78 is 0.904. The summed E-state index contributed by atoms with van der Waals surface area (Å²) in [6.07, 6.45) is 1.77. The van der Waals surface area contributed by atoms with Gasteiger partial charge in [0.05, 0.1) is 11.1 Å². The molecule has 4 heteroatoms. The number of benzene rings is 1. The number of amides is 1. The molecule has 0 unspecified atom stereocenters. The predicted molar refractivity (Wildman–Crippen MR) is 55.3 cm³/mol. The van der Waals surface area contributed by atoms with Gasteiger partial charge in [0.2, 0.25) is 5.91 Å². The summed E-state index contributed by atoms with van der Waals surface area (Å²) in [5, 5.41) is 12.3. The fraction of sp³-hybridized carbons (Fsp3) is 0.300. The molecule has 14 heavy (non-hydrogen) atoms. The van der Waals surface area contributed by atoms with Gasteiger partial charge in [-0.05, 0) is 25.0 Å². The van der Waals surface area contributed by atoms with Crippen molar-refractivity contribution in [1.82, 2.24) is 0 Å². The first-order valence-corrected chi connectivity index (χ1v) is 5.28. The van der Waals surface area contributed by atoms with Crippen LogP contribution in [0.25, 0.3) is 0 Å². The third-order valence-corrected chi connectivity index (χ3v) is 3.70. The Hall–Kier alpha value is -1.03. The minimum Gasteiger partial charge on any atom is -0.506 e. The monoisotopic (exact) mass is 253 g/mol. The number of phenols is 1. The van der Waals surface area contributed by atoms with Crippen molar-refractivity contribution in [2.75, 3.05) is 5.32 Å². The molecule has 72 valence electrons. The third kappa shape index (κ3) is 0.798. The molecule has 1 spiro atoms. The second-order valence-electron chi connectivity index (χ2n) is 3.85. The maximum atomic E-state index is 11.7. The van der Waals surface area contributed by atoms with Crippen LogP contribution in [0.3, 0.4) is 0 Å². The first-order valence-electron chi connectivity index (χ1n) is 4.48. The van der Waals surface area contributed by atoms with Crippen molar-refractivity contribution in [3.05, 3.63) is 22.2 Å². The van der Waals surface area contributed by atoms with E-state index in [1.807, 2.05) is 0 Å². The van der Waals surface area contributed by atoms with Crippen LogP contribution in [-0.2, 0) is 10.2 Å². The molecular formula is C10H8BrNO2. The molecule has 1 aliphatic heterocycles. The number of hydrogen-bond acceptors (Lipinski definition) is 2. The lowest BCUT2D eigenvalue weighted by Gasteiger charge is -2.07. The highest BCUT2D eigenvalue weighted by Crippen LogP contribution is 2.59. The molecule has 0 atom stereocenters. The molecule has 0 bridgehead atoms. The van der Waals surface area contributed by atoms with Crippen molar-refractivity contribution in [3.8, 4) is 5.75 Å². The lowest BCUT2D eigenvalue weighted by Crippen LogP contribution is -2.18. The number of aromatic hydroxyl groups is 1. The van der Waals surface area contributed by atoms with Crippen LogP contribution in [0.4, 0.5) is 5.69 Å². The van der Waals surface area contributed by atoms with Crippen LogP contribution in [-0.4, -0.2) is 11.0 Å². The van der Waals surface area contributed by atoms with Crippen molar-refractivity contribution in [2.45, 2.75) is 18.3 Å². The number of hydrogen-bond donors (Lipinski definition) is 2. The lowest BCUT2D eigenvalue weighted by atomic mass is 9.98. The topological polar surface area (TPSA) is 49.3 Å². The highest BCUT2D eigenvalue weighted by molar-refractivity contribution is 9.10. The summed E-state index contributed by atoms with van der Waals surface area (Å²) in [5.74, 6) is 0.176. The Labute approximate surface area is 89.3 Å². The van der Waals surface area contributed by atoms with Gasteiger partial charge >= 0.3 is 0 Å². The van der Waals surface area contributed by atoms with Crippen LogP contribution in [0.15, 0.2) is 16.6 Å². The van der Waals surface area contributed by atoms with Crippen molar-refractivity contribution in [1.29, 1.82) is 0 Å². The van der Waals surface area contributed by atoms with Crippen molar-refractivity contribution >= 4 is 27.5 Å². The highest BCUT2D eigenvalue weighted by Gasteiger charge is 2.57. The molecule has 1 amide bonds. The Bertz CT molecular complexity index is 452. The van der Waals surface area contributed by atoms with E-state index in [1.165, 1.54) is 0 Å². The van der Waals surface area contributed by atoms with Gasteiger partial charge in [-0.15, -0.1) is 0 Å². The van der Waals surface area contributed by atoms with E-state index in [-0.39, 0.29) is 17.1 Å². The summed E-state index contributed by atoms with van der Waals surface area (Å²) in [6, 6.07) is 3.37. The molecule has 2 aliphatic rings. The molecule has 1 aromatic carbocycles. The Morgan fingerprint density at radius 1 is 1.43 bits per heavy atom. The summed E-state index contributed by atoms with van der Waals surface area (Å²) >= 11 is 3.42. The second-order valence-corrected chi connectivity index (χ2v) is 4.71. The molecule has 3 nitrogen and oxygen atoms in total. The molecule has 3 rings (SSSR count). The van der Waals surface area contributed by atoms with Crippen molar-refractivity contribution in [3.63, 3.8) is 0 Å². The van der Waals surface area contributed by atoms with E-state index in [2.05, 4.69) is 21.2 Å². The first kappa shape index (κ1) is 8.29. The van der Waals surface area contributed by atoms with Gasteiger partial charge in [-0.25, -0.2) is 0 Å².